The average Bonchev–Trinajstić information content (AvgIpc) is 2.89. The normalized spacial score (nSPS) is 14.0. The highest BCUT2D eigenvalue weighted by atomic mass is 32.1. The van der Waals surface area contributed by atoms with Crippen LogP contribution < -0.4 is 15.0 Å². The van der Waals surface area contributed by atoms with Crippen LogP contribution in [0.4, 0.5) is 5.69 Å². The molecule has 0 saturated heterocycles. The van der Waals surface area contributed by atoms with Crippen LogP contribution in [0.3, 0.4) is 0 Å². The Bertz CT molecular complexity index is 726. The van der Waals surface area contributed by atoms with Gasteiger partial charge in [-0.25, -0.2) is 0 Å². The molecule has 2 aromatic rings. The molecule has 0 radical (unpaired) electrons. The van der Waals surface area contributed by atoms with E-state index >= 15 is 0 Å². The minimum atomic E-state index is -0.180. The van der Waals surface area contributed by atoms with Gasteiger partial charge in [-0.3, -0.25) is 14.5 Å². The first-order valence-corrected chi connectivity index (χ1v) is 8.29. The molecule has 1 aliphatic heterocycles. The zero-order valence-corrected chi connectivity index (χ0v) is 13.7. The molecule has 0 aliphatic carbocycles. The van der Waals surface area contributed by atoms with E-state index in [9.17, 15) is 9.59 Å². The van der Waals surface area contributed by atoms with Crippen molar-refractivity contribution < 1.29 is 14.3 Å². The van der Waals surface area contributed by atoms with E-state index in [1.54, 1.807) is 17.4 Å². The molecule has 1 aromatic carbocycles. The second-order valence-corrected chi connectivity index (χ2v) is 6.71. The monoisotopic (exact) mass is 330 g/mol. The number of amides is 2. The first-order valence-electron chi connectivity index (χ1n) is 7.47. The second kappa shape index (κ2) is 6.83. The van der Waals surface area contributed by atoms with Crippen molar-refractivity contribution in [3.63, 3.8) is 0 Å². The van der Waals surface area contributed by atoms with Crippen molar-refractivity contribution >= 4 is 28.8 Å². The summed E-state index contributed by atoms with van der Waals surface area (Å²) in [5, 5.41) is 2.87. The molecule has 0 unspecified atom stereocenters. The number of benzene rings is 1. The summed E-state index contributed by atoms with van der Waals surface area (Å²) in [5.74, 6) is 0.359. The number of fused-ring (bicyclic) bond motifs is 1. The number of hydrogen-bond donors (Lipinski definition) is 1. The number of nitrogens with zero attached hydrogens (tertiary/aromatic N) is 1. The van der Waals surface area contributed by atoms with Crippen molar-refractivity contribution in [2.24, 2.45) is 0 Å². The van der Waals surface area contributed by atoms with Gasteiger partial charge in [0.05, 0.1) is 25.3 Å². The molecular formula is C17H18N2O3S. The lowest BCUT2D eigenvalue weighted by Crippen LogP contribution is -2.40. The van der Waals surface area contributed by atoms with Crippen molar-refractivity contribution in [1.82, 2.24) is 5.32 Å². The number of rotatable bonds is 4. The maximum absolute atomic E-state index is 12.3. The molecule has 120 valence electrons. The largest absolute Gasteiger partial charge is 0.491 e. The molecule has 0 fully saturated rings. The molecule has 0 bridgehead atoms. The summed E-state index contributed by atoms with van der Waals surface area (Å²) in [4.78, 5) is 28.3. The number of nitrogens with one attached hydrogen (secondary N) is 1. The topological polar surface area (TPSA) is 58.6 Å². The lowest BCUT2D eigenvalue weighted by atomic mass is 10.2. The Morgan fingerprint density at radius 1 is 1.30 bits per heavy atom. The molecule has 6 heteroatoms. The fourth-order valence-corrected chi connectivity index (χ4v) is 3.29. The maximum atomic E-state index is 12.3. The lowest BCUT2D eigenvalue weighted by Gasteiger charge is -2.21. The summed E-state index contributed by atoms with van der Waals surface area (Å²) in [6.07, 6.45) is 0.270. The number of anilines is 1. The fraction of sp³-hybridized carbons (Fsp3) is 0.294. The van der Waals surface area contributed by atoms with Crippen molar-refractivity contribution in [3.8, 4) is 5.75 Å². The minimum Gasteiger partial charge on any atom is -0.491 e. The number of aryl methyl sites for hydroxylation is 1. The van der Waals surface area contributed by atoms with Crippen LogP contribution in [0, 0.1) is 6.92 Å². The van der Waals surface area contributed by atoms with Crippen LogP contribution in [-0.4, -0.2) is 25.0 Å². The van der Waals surface area contributed by atoms with E-state index in [1.807, 2.05) is 37.3 Å². The summed E-state index contributed by atoms with van der Waals surface area (Å²) in [6.45, 7) is 2.85. The molecule has 5 nitrogen and oxygen atoms in total. The predicted molar refractivity (Wildman–Crippen MR) is 89.8 cm³/mol. The molecule has 23 heavy (non-hydrogen) atoms. The number of hydrogen-bond acceptors (Lipinski definition) is 4. The van der Waals surface area contributed by atoms with Crippen LogP contribution in [0.1, 0.15) is 16.2 Å². The average molecular weight is 330 g/mol. The summed E-state index contributed by atoms with van der Waals surface area (Å²) in [6, 6.07) is 11.3. The van der Waals surface area contributed by atoms with Gasteiger partial charge in [-0.2, -0.15) is 0 Å². The third-order valence-electron chi connectivity index (χ3n) is 3.59. The van der Waals surface area contributed by atoms with Crippen LogP contribution in [0.25, 0.3) is 0 Å². The van der Waals surface area contributed by atoms with Crippen molar-refractivity contribution in [1.29, 1.82) is 0 Å². The number of ether oxygens (including phenoxy) is 1. The minimum absolute atomic E-state index is 0.00354. The van der Waals surface area contributed by atoms with Crippen LogP contribution in [0.15, 0.2) is 36.4 Å². The van der Waals surface area contributed by atoms with E-state index in [-0.39, 0.29) is 24.8 Å². The number of carbonyl (C=O) groups excluding carboxylic acids is 2. The Morgan fingerprint density at radius 3 is 2.91 bits per heavy atom. The fourth-order valence-electron chi connectivity index (χ4n) is 2.46. The van der Waals surface area contributed by atoms with Gasteiger partial charge in [0, 0.05) is 9.75 Å². The molecule has 2 heterocycles. The van der Waals surface area contributed by atoms with Crippen molar-refractivity contribution in [2.45, 2.75) is 19.9 Å². The smallest absolute Gasteiger partial charge is 0.240 e. The number of para-hydroxylation sites is 2. The van der Waals surface area contributed by atoms with Gasteiger partial charge in [0.25, 0.3) is 0 Å². The zero-order valence-electron chi connectivity index (χ0n) is 12.9. The van der Waals surface area contributed by atoms with Gasteiger partial charge in [0.15, 0.2) is 0 Å². The van der Waals surface area contributed by atoms with Gasteiger partial charge in [0.1, 0.15) is 12.3 Å². The third kappa shape index (κ3) is 3.71. The van der Waals surface area contributed by atoms with Gasteiger partial charge in [-0.05, 0) is 31.2 Å². The molecule has 1 aromatic heterocycles. The Morgan fingerprint density at radius 2 is 2.13 bits per heavy atom. The van der Waals surface area contributed by atoms with E-state index in [1.165, 1.54) is 9.78 Å². The summed E-state index contributed by atoms with van der Waals surface area (Å²) < 4.78 is 5.57. The first-order chi connectivity index (χ1) is 11.1. The second-order valence-electron chi connectivity index (χ2n) is 5.34. The molecule has 0 atom stereocenters. The van der Waals surface area contributed by atoms with Crippen LogP contribution in [-0.2, 0) is 16.1 Å². The van der Waals surface area contributed by atoms with Gasteiger partial charge in [-0.1, -0.05) is 12.1 Å². The zero-order chi connectivity index (χ0) is 16.2. The van der Waals surface area contributed by atoms with E-state index in [4.69, 9.17) is 4.74 Å². The summed E-state index contributed by atoms with van der Waals surface area (Å²) in [5.41, 5.74) is 0.650. The van der Waals surface area contributed by atoms with E-state index in [2.05, 4.69) is 5.32 Å². The Hall–Kier alpha value is -2.34. The molecule has 1 aliphatic rings. The van der Waals surface area contributed by atoms with Gasteiger partial charge < -0.3 is 10.1 Å². The van der Waals surface area contributed by atoms with Crippen LogP contribution in [0.2, 0.25) is 0 Å². The molecule has 1 N–H and O–H groups in total. The summed E-state index contributed by atoms with van der Waals surface area (Å²) >= 11 is 1.65. The van der Waals surface area contributed by atoms with E-state index in [0.29, 0.717) is 24.6 Å². The van der Waals surface area contributed by atoms with E-state index in [0.717, 1.165) is 4.88 Å². The molecule has 2 amide bonds. The third-order valence-corrected chi connectivity index (χ3v) is 4.59. The Balaban J connectivity index is 1.68. The standard InChI is InChI=1S/C17H18N2O3S/c1-12-6-7-13(23-12)10-18-16(20)11-19-14-4-2-3-5-15(14)22-9-8-17(19)21/h2-7H,8-11H2,1H3,(H,18,20). The van der Waals surface area contributed by atoms with E-state index < -0.39 is 0 Å². The van der Waals surface area contributed by atoms with Crippen molar-refractivity contribution in [3.05, 3.63) is 46.2 Å². The van der Waals surface area contributed by atoms with Gasteiger partial charge >= 0.3 is 0 Å². The Labute approximate surface area is 138 Å². The molecule has 3 rings (SSSR count). The predicted octanol–water partition coefficient (Wildman–Crippen LogP) is 2.49. The van der Waals surface area contributed by atoms with Gasteiger partial charge in [0.2, 0.25) is 11.8 Å². The van der Waals surface area contributed by atoms with Crippen LogP contribution >= 0.6 is 11.3 Å². The molecular weight excluding hydrogens is 312 g/mol. The summed E-state index contributed by atoms with van der Waals surface area (Å²) in [7, 11) is 0. The highest BCUT2D eigenvalue weighted by molar-refractivity contribution is 7.11. The van der Waals surface area contributed by atoms with Crippen molar-refractivity contribution in [2.75, 3.05) is 18.1 Å². The number of thiophene rings is 1. The maximum Gasteiger partial charge on any atom is 0.240 e. The quantitative estimate of drug-likeness (QED) is 0.937. The lowest BCUT2D eigenvalue weighted by molar-refractivity contribution is -0.124. The van der Waals surface area contributed by atoms with Crippen LogP contribution in [0.5, 0.6) is 5.75 Å². The highest BCUT2D eigenvalue weighted by Gasteiger charge is 2.24. The molecule has 0 spiro atoms. The molecule has 0 saturated carbocycles. The SMILES string of the molecule is Cc1ccc(CNC(=O)CN2C(=O)CCOc3ccccc32)s1. The van der Waals surface area contributed by atoms with Gasteiger partial charge in [-0.15, -0.1) is 11.3 Å². The Kier molecular flexibility index (Phi) is 4.62. The highest BCUT2D eigenvalue weighted by Crippen LogP contribution is 2.30. The number of carbonyl (C=O) groups is 2. The first kappa shape index (κ1) is 15.6.